The van der Waals surface area contributed by atoms with Crippen molar-refractivity contribution in [1.82, 2.24) is 10.2 Å². The van der Waals surface area contributed by atoms with E-state index < -0.39 is 0 Å². The highest BCUT2D eigenvalue weighted by molar-refractivity contribution is 4.90. The molecule has 1 saturated heterocycles. The molecule has 1 aliphatic rings. The van der Waals surface area contributed by atoms with Crippen molar-refractivity contribution in [2.75, 3.05) is 13.1 Å². The normalized spacial score (nSPS) is 28.6. The standard InChI is InChI=1S/C15H32N2/c1-6-9-14(8-3)17-11-13(7-2)16-10-15(17)12(4)5/h12-16H,6-11H2,1-5H3. The number of hydrogen-bond donors (Lipinski definition) is 1. The Morgan fingerprint density at radius 2 is 1.94 bits per heavy atom. The molecule has 1 rings (SSSR count). The predicted molar refractivity (Wildman–Crippen MR) is 76.4 cm³/mol. The van der Waals surface area contributed by atoms with E-state index in [4.69, 9.17) is 0 Å². The molecule has 0 amide bonds. The molecule has 0 spiro atoms. The van der Waals surface area contributed by atoms with E-state index in [9.17, 15) is 0 Å². The fourth-order valence-corrected chi connectivity index (χ4v) is 3.11. The number of rotatable bonds is 6. The van der Waals surface area contributed by atoms with Crippen LogP contribution in [0.5, 0.6) is 0 Å². The maximum atomic E-state index is 3.71. The van der Waals surface area contributed by atoms with Crippen LogP contribution in [-0.2, 0) is 0 Å². The predicted octanol–water partition coefficient (Wildman–Crippen LogP) is 3.27. The first-order valence-electron chi connectivity index (χ1n) is 7.63. The van der Waals surface area contributed by atoms with Crippen LogP contribution in [0.2, 0.25) is 0 Å². The number of nitrogens with zero attached hydrogens (tertiary/aromatic N) is 1. The second kappa shape index (κ2) is 7.38. The molecule has 0 aromatic carbocycles. The fourth-order valence-electron chi connectivity index (χ4n) is 3.11. The summed E-state index contributed by atoms with van der Waals surface area (Å²) in [7, 11) is 0. The lowest BCUT2D eigenvalue weighted by molar-refractivity contribution is 0.0486. The Kier molecular flexibility index (Phi) is 6.50. The number of hydrogen-bond acceptors (Lipinski definition) is 2. The fraction of sp³-hybridized carbons (Fsp3) is 1.00. The van der Waals surface area contributed by atoms with Crippen molar-refractivity contribution >= 4 is 0 Å². The first kappa shape index (κ1) is 15.0. The topological polar surface area (TPSA) is 15.3 Å². The second-order valence-electron chi connectivity index (χ2n) is 5.87. The first-order chi connectivity index (χ1) is 8.13. The highest BCUT2D eigenvalue weighted by Gasteiger charge is 2.32. The third-order valence-electron chi connectivity index (χ3n) is 4.30. The average molecular weight is 240 g/mol. The third-order valence-corrected chi connectivity index (χ3v) is 4.30. The minimum absolute atomic E-state index is 0.705. The summed E-state index contributed by atoms with van der Waals surface area (Å²) in [5.74, 6) is 0.756. The van der Waals surface area contributed by atoms with Gasteiger partial charge in [0, 0.05) is 31.2 Å². The Morgan fingerprint density at radius 1 is 1.24 bits per heavy atom. The Morgan fingerprint density at radius 3 is 2.41 bits per heavy atom. The van der Waals surface area contributed by atoms with Gasteiger partial charge in [0.1, 0.15) is 0 Å². The van der Waals surface area contributed by atoms with Gasteiger partial charge in [-0.2, -0.15) is 0 Å². The van der Waals surface area contributed by atoms with Crippen molar-refractivity contribution in [2.24, 2.45) is 5.92 Å². The lowest BCUT2D eigenvalue weighted by Crippen LogP contribution is -2.60. The van der Waals surface area contributed by atoms with Crippen molar-refractivity contribution in [3.8, 4) is 0 Å². The zero-order valence-electron chi connectivity index (χ0n) is 12.5. The summed E-state index contributed by atoms with van der Waals surface area (Å²) in [5, 5.41) is 3.71. The van der Waals surface area contributed by atoms with Gasteiger partial charge in [0.25, 0.3) is 0 Å². The molecule has 0 radical (unpaired) electrons. The van der Waals surface area contributed by atoms with Crippen LogP contribution in [0.3, 0.4) is 0 Å². The van der Waals surface area contributed by atoms with Gasteiger partial charge < -0.3 is 5.32 Å². The van der Waals surface area contributed by atoms with Gasteiger partial charge in [-0.05, 0) is 25.2 Å². The van der Waals surface area contributed by atoms with Crippen molar-refractivity contribution in [2.45, 2.75) is 78.4 Å². The molecular weight excluding hydrogens is 208 g/mol. The second-order valence-corrected chi connectivity index (χ2v) is 5.87. The van der Waals surface area contributed by atoms with Gasteiger partial charge in [0.05, 0.1) is 0 Å². The monoisotopic (exact) mass is 240 g/mol. The van der Waals surface area contributed by atoms with E-state index in [0.29, 0.717) is 6.04 Å². The van der Waals surface area contributed by atoms with Crippen LogP contribution in [0.25, 0.3) is 0 Å². The van der Waals surface area contributed by atoms with Crippen molar-refractivity contribution in [3.05, 3.63) is 0 Å². The molecule has 2 nitrogen and oxygen atoms in total. The zero-order chi connectivity index (χ0) is 12.8. The molecule has 102 valence electrons. The van der Waals surface area contributed by atoms with Crippen molar-refractivity contribution < 1.29 is 0 Å². The van der Waals surface area contributed by atoms with Gasteiger partial charge in [0.2, 0.25) is 0 Å². The largest absolute Gasteiger partial charge is 0.311 e. The van der Waals surface area contributed by atoms with Crippen LogP contribution >= 0.6 is 0 Å². The lowest BCUT2D eigenvalue weighted by Gasteiger charge is -2.46. The summed E-state index contributed by atoms with van der Waals surface area (Å²) in [6, 6.07) is 2.23. The van der Waals surface area contributed by atoms with E-state index in [1.807, 2.05) is 0 Å². The first-order valence-corrected chi connectivity index (χ1v) is 7.63. The van der Waals surface area contributed by atoms with E-state index in [0.717, 1.165) is 18.0 Å². The van der Waals surface area contributed by atoms with Gasteiger partial charge in [-0.15, -0.1) is 0 Å². The Balaban J connectivity index is 2.71. The number of piperazine rings is 1. The smallest absolute Gasteiger partial charge is 0.0247 e. The summed E-state index contributed by atoms with van der Waals surface area (Å²) < 4.78 is 0. The molecule has 3 atom stereocenters. The molecule has 1 N–H and O–H groups in total. The maximum absolute atomic E-state index is 3.71. The Labute approximate surface area is 108 Å². The maximum Gasteiger partial charge on any atom is 0.0247 e. The van der Waals surface area contributed by atoms with E-state index in [1.165, 1.54) is 38.8 Å². The molecule has 0 saturated carbocycles. The summed E-state index contributed by atoms with van der Waals surface area (Å²) in [6.07, 6.45) is 5.22. The minimum atomic E-state index is 0.705. The SMILES string of the molecule is CCCC(CC)N1CC(CC)NCC1C(C)C. The van der Waals surface area contributed by atoms with Gasteiger partial charge in [-0.1, -0.05) is 41.0 Å². The number of nitrogens with one attached hydrogen (secondary N) is 1. The lowest BCUT2D eigenvalue weighted by atomic mass is 9.93. The average Bonchev–Trinajstić information content (AvgIpc) is 2.35. The van der Waals surface area contributed by atoms with Crippen molar-refractivity contribution in [1.29, 1.82) is 0 Å². The molecule has 3 unspecified atom stereocenters. The molecule has 1 heterocycles. The van der Waals surface area contributed by atoms with Gasteiger partial charge in [-0.25, -0.2) is 0 Å². The summed E-state index contributed by atoms with van der Waals surface area (Å²) >= 11 is 0. The minimum Gasteiger partial charge on any atom is -0.311 e. The van der Waals surface area contributed by atoms with Crippen LogP contribution < -0.4 is 5.32 Å². The zero-order valence-corrected chi connectivity index (χ0v) is 12.5. The molecule has 0 aromatic heterocycles. The highest BCUT2D eigenvalue weighted by Crippen LogP contribution is 2.23. The molecule has 2 heteroatoms. The van der Waals surface area contributed by atoms with E-state index in [1.54, 1.807) is 0 Å². The van der Waals surface area contributed by atoms with Crippen LogP contribution in [0.1, 0.15) is 60.3 Å². The van der Waals surface area contributed by atoms with Gasteiger partial charge in [0.15, 0.2) is 0 Å². The molecule has 0 aromatic rings. The van der Waals surface area contributed by atoms with Crippen LogP contribution in [-0.4, -0.2) is 36.1 Å². The molecule has 0 bridgehead atoms. The van der Waals surface area contributed by atoms with Gasteiger partial charge >= 0.3 is 0 Å². The Bertz CT molecular complexity index is 203. The van der Waals surface area contributed by atoms with Crippen LogP contribution in [0.4, 0.5) is 0 Å². The summed E-state index contributed by atoms with van der Waals surface area (Å²) in [4.78, 5) is 2.80. The van der Waals surface area contributed by atoms with Gasteiger partial charge in [-0.3, -0.25) is 4.90 Å². The quantitative estimate of drug-likeness (QED) is 0.766. The van der Waals surface area contributed by atoms with Crippen molar-refractivity contribution in [3.63, 3.8) is 0 Å². The molecule has 1 aliphatic heterocycles. The molecule has 0 aliphatic carbocycles. The molecule has 17 heavy (non-hydrogen) atoms. The Hall–Kier alpha value is -0.0800. The van der Waals surface area contributed by atoms with E-state index >= 15 is 0 Å². The van der Waals surface area contributed by atoms with E-state index in [2.05, 4.69) is 44.8 Å². The highest BCUT2D eigenvalue weighted by atomic mass is 15.3. The summed E-state index contributed by atoms with van der Waals surface area (Å²) in [6.45, 7) is 14.1. The summed E-state index contributed by atoms with van der Waals surface area (Å²) in [5.41, 5.74) is 0. The molecular formula is C15H32N2. The molecule has 1 fully saturated rings. The van der Waals surface area contributed by atoms with E-state index in [-0.39, 0.29) is 0 Å². The van der Waals surface area contributed by atoms with Crippen LogP contribution in [0.15, 0.2) is 0 Å². The van der Waals surface area contributed by atoms with Crippen LogP contribution in [0, 0.1) is 5.92 Å². The third kappa shape index (κ3) is 3.96.